The standard InChI is InChI=1S/C12H13N3/c1-2-3-5-11-6-4-7-15(10-11)12(8-13)9-14/h4,6-7,10H,2-3,5H2,1H3. The molecule has 0 spiro atoms. The van der Waals surface area contributed by atoms with E-state index in [1.807, 2.05) is 30.3 Å². The lowest BCUT2D eigenvalue weighted by Gasteiger charge is -1.97. The largest absolute Gasteiger partial charge is 0.757 e. The summed E-state index contributed by atoms with van der Waals surface area (Å²) in [5, 5.41) is 17.4. The SMILES string of the molecule is CCCCc1ccc[n+](C(=C=[N-])C#N)c1. The first-order valence-corrected chi connectivity index (χ1v) is 4.99. The first-order chi connectivity index (χ1) is 7.31. The average molecular weight is 199 g/mol. The number of hydrogen-bond donors (Lipinski definition) is 0. The highest BCUT2D eigenvalue weighted by Gasteiger charge is 2.06. The second-order valence-corrected chi connectivity index (χ2v) is 3.30. The van der Waals surface area contributed by atoms with Crippen molar-refractivity contribution in [3.63, 3.8) is 0 Å². The molecule has 3 heteroatoms. The Morgan fingerprint density at radius 1 is 1.60 bits per heavy atom. The fourth-order valence-corrected chi connectivity index (χ4v) is 1.33. The van der Waals surface area contributed by atoms with Crippen LogP contribution in [0.3, 0.4) is 0 Å². The zero-order valence-corrected chi connectivity index (χ0v) is 8.77. The molecule has 0 aromatic carbocycles. The molecule has 1 aromatic heterocycles. The summed E-state index contributed by atoms with van der Waals surface area (Å²) < 4.78 is 1.57. The van der Waals surface area contributed by atoms with Gasteiger partial charge in [0.2, 0.25) is 0 Å². The number of aryl methyl sites for hydroxylation is 1. The monoisotopic (exact) mass is 199 g/mol. The smallest absolute Gasteiger partial charge is 0.309 e. The summed E-state index contributed by atoms with van der Waals surface area (Å²) >= 11 is 0. The van der Waals surface area contributed by atoms with Crippen LogP contribution in [0.5, 0.6) is 0 Å². The molecular formula is C12H13N3. The summed E-state index contributed by atoms with van der Waals surface area (Å²) in [5.74, 6) is 1.87. The fourth-order valence-electron chi connectivity index (χ4n) is 1.33. The highest BCUT2D eigenvalue weighted by Crippen LogP contribution is 2.02. The molecule has 15 heavy (non-hydrogen) atoms. The van der Waals surface area contributed by atoms with E-state index in [1.165, 1.54) is 0 Å². The van der Waals surface area contributed by atoms with Crippen LogP contribution < -0.4 is 4.57 Å². The van der Waals surface area contributed by atoms with Gasteiger partial charge in [-0.3, -0.25) is 0 Å². The Morgan fingerprint density at radius 3 is 3.00 bits per heavy atom. The van der Waals surface area contributed by atoms with Crippen LogP contribution in [0.15, 0.2) is 24.5 Å². The molecule has 0 aliphatic carbocycles. The van der Waals surface area contributed by atoms with E-state index < -0.39 is 0 Å². The predicted octanol–water partition coefficient (Wildman–Crippen LogP) is 1.92. The third-order valence-electron chi connectivity index (χ3n) is 2.15. The Kier molecular flexibility index (Phi) is 4.28. The van der Waals surface area contributed by atoms with Crippen molar-refractivity contribution in [3.8, 4) is 6.07 Å². The molecule has 0 fully saturated rings. The molecule has 0 amide bonds. The van der Waals surface area contributed by atoms with E-state index in [1.54, 1.807) is 10.8 Å². The first-order valence-electron chi connectivity index (χ1n) is 4.99. The molecule has 1 rings (SSSR count). The highest BCUT2D eigenvalue weighted by atomic mass is 14.9. The summed E-state index contributed by atoms with van der Waals surface area (Å²) in [6.45, 7) is 2.14. The van der Waals surface area contributed by atoms with Gasteiger partial charge in [-0.05, 0) is 18.9 Å². The van der Waals surface area contributed by atoms with Crippen LogP contribution in [0.2, 0.25) is 0 Å². The van der Waals surface area contributed by atoms with E-state index in [0.29, 0.717) is 0 Å². The second kappa shape index (κ2) is 5.74. The Hall–Kier alpha value is -1.91. The zero-order chi connectivity index (χ0) is 11.1. The van der Waals surface area contributed by atoms with Crippen molar-refractivity contribution in [2.75, 3.05) is 0 Å². The number of aromatic nitrogens is 1. The number of nitriles is 1. The van der Waals surface area contributed by atoms with Gasteiger partial charge >= 0.3 is 5.70 Å². The topological polar surface area (TPSA) is 50.0 Å². The van der Waals surface area contributed by atoms with Gasteiger partial charge in [-0.2, -0.15) is 15.7 Å². The quantitative estimate of drug-likeness (QED) is 0.415. The third-order valence-corrected chi connectivity index (χ3v) is 2.15. The van der Waals surface area contributed by atoms with Crippen molar-refractivity contribution in [2.45, 2.75) is 26.2 Å². The molecule has 3 nitrogen and oxygen atoms in total. The number of allylic oxidation sites excluding steroid dienone is 1. The number of hydrogen-bond acceptors (Lipinski definition) is 1. The molecular weight excluding hydrogens is 186 g/mol. The molecule has 0 aliphatic rings. The van der Waals surface area contributed by atoms with Gasteiger partial charge in [0.15, 0.2) is 18.5 Å². The lowest BCUT2D eigenvalue weighted by atomic mass is 10.1. The zero-order valence-electron chi connectivity index (χ0n) is 8.77. The number of nitrogens with zero attached hydrogens (tertiary/aromatic N) is 3. The van der Waals surface area contributed by atoms with Gasteiger partial charge in [0.1, 0.15) is 0 Å². The Labute approximate surface area is 89.8 Å². The molecule has 76 valence electrons. The van der Waals surface area contributed by atoms with E-state index in [0.717, 1.165) is 24.8 Å². The molecule has 0 unspecified atom stereocenters. The van der Waals surface area contributed by atoms with Crippen molar-refractivity contribution in [1.29, 1.82) is 5.26 Å². The first kappa shape index (κ1) is 11.2. The molecule has 0 atom stereocenters. The second-order valence-electron chi connectivity index (χ2n) is 3.30. The summed E-state index contributed by atoms with van der Waals surface area (Å²) in [5.41, 5.74) is 1.26. The van der Waals surface area contributed by atoms with E-state index in [-0.39, 0.29) is 5.70 Å². The molecule has 0 saturated heterocycles. The molecule has 0 aliphatic heterocycles. The molecule has 0 bridgehead atoms. The van der Waals surface area contributed by atoms with E-state index in [4.69, 9.17) is 10.7 Å². The van der Waals surface area contributed by atoms with Gasteiger partial charge in [0.05, 0.1) is 0 Å². The van der Waals surface area contributed by atoms with Crippen molar-refractivity contribution < 1.29 is 4.57 Å². The Morgan fingerprint density at radius 2 is 2.40 bits per heavy atom. The Bertz CT molecular complexity index is 423. The molecule has 0 saturated carbocycles. The van der Waals surface area contributed by atoms with Gasteiger partial charge in [0, 0.05) is 11.6 Å². The van der Waals surface area contributed by atoms with Crippen LogP contribution >= 0.6 is 0 Å². The van der Waals surface area contributed by atoms with Gasteiger partial charge in [0.25, 0.3) is 0 Å². The molecule has 1 heterocycles. The van der Waals surface area contributed by atoms with E-state index in [9.17, 15) is 0 Å². The summed E-state index contributed by atoms with van der Waals surface area (Å²) in [6.07, 6.45) is 6.82. The van der Waals surface area contributed by atoms with Crippen molar-refractivity contribution >= 4 is 11.6 Å². The van der Waals surface area contributed by atoms with Crippen LogP contribution in [0.4, 0.5) is 0 Å². The van der Waals surface area contributed by atoms with Crippen LogP contribution in [0, 0.1) is 11.3 Å². The summed E-state index contributed by atoms with van der Waals surface area (Å²) in [4.78, 5) is 0. The normalized spacial score (nSPS) is 9.07. The summed E-state index contributed by atoms with van der Waals surface area (Å²) in [7, 11) is 0. The van der Waals surface area contributed by atoms with Crippen LogP contribution in [-0.2, 0) is 6.42 Å². The molecule has 1 aromatic rings. The minimum atomic E-state index is 0.105. The van der Waals surface area contributed by atoms with Gasteiger partial charge in [-0.15, -0.1) is 0 Å². The molecule has 0 radical (unpaired) electrons. The predicted molar refractivity (Wildman–Crippen MR) is 58.9 cm³/mol. The molecule has 0 N–H and O–H groups in total. The Balaban J connectivity index is 2.93. The van der Waals surface area contributed by atoms with E-state index >= 15 is 0 Å². The van der Waals surface area contributed by atoms with Crippen LogP contribution in [0.25, 0.3) is 11.1 Å². The van der Waals surface area contributed by atoms with E-state index in [2.05, 4.69) is 6.92 Å². The third kappa shape index (κ3) is 3.05. The minimum absolute atomic E-state index is 0.105. The van der Waals surface area contributed by atoms with Gasteiger partial charge in [-0.1, -0.05) is 13.3 Å². The average Bonchev–Trinajstić information content (AvgIpc) is 2.29. The number of rotatable bonds is 4. The fraction of sp³-hybridized carbons (Fsp3) is 0.333. The van der Waals surface area contributed by atoms with Crippen LogP contribution in [-0.4, -0.2) is 5.87 Å². The van der Waals surface area contributed by atoms with Crippen molar-refractivity contribution in [2.24, 2.45) is 0 Å². The summed E-state index contributed by atoms with van der Waals surface area (Å²) in [6, 6.07) is 5.74. The van der Waals surface area contributed by atoms with Gasteiger partial charge < -0.3 is 5.41 Å². The highest BCUT2D eigenvalue weighted by molar-refractivity contribution is 5.84. The maximum atomic E-state index is 8.72. The minimum Gasteiger partial charge on any atom is -0.757 e. The number of unbranched alkanes of at least 4 members (excludes halogenated alkanes) is 1. The lowest BCUT2D eigenvalue weighted by Crippen LogP contribution is -2.31. The van der Waals surface area contributed by atoms with Gasteiger partial charge in [-0.25, -0.2) is 0 Å². The number of pyridine rings is 1. The van der Waals surface area contributed by atoms with Crippen LogP contribution in [0.1, 0.15) is 25.3 Å². The maximum absolute atomic E-state index is 8.72. The lowest BCUT2D eigenvalue weighted by molar-refractivity contribution is -0.576. The maximum Gasteiger partial charge on any atom is 0.309 e. The van der Waals surface area contributed by atoms with Crippen molar-refractivity contribution in [1.82, 2.24) is 0 Å². The van der Waals surface area contributed by atoms with Crippen molar-refractivity contribution in [3.05, 3.63) is 35.5 Å².